The maximum Gasteiger partial charge on any atom is 0.272 e. The van der Waals surface area contributed by atoms with Gasteiger partial charge in [0.15, 0.2) is 0 Å². The number of aliphatic hydroxyl groups excluding tert-OH is 1. The van der Waals surface area contributed by atoms with Gasteiger partial charge in [-0.2, -0.15) is 0 Å². The van der Waals surface area contributed by atoms with Crippen LogP contribution in [0.25, 0.3) is 0 Å². The van der Waals surface area contributed by atoms with E-state index in [4.69, 9.17) is 0 Å². The van der Waals surface area contributed by atoms with Gasteiger partial charge in [0.05, 0.1) is 11.3 Å². The Balaban J connectivity index is 2.14. The Kier molecular flexibility index (Phi) is 5.13. The molecule has 0 spiro atoms. The monoisotopic (exact) mass is 306 g/mol. The highest BCUT2D eigenvalue weighted by molar-refractivity contribution is 5.80. The molecule has 0 saturated carbocycles. The number of aliphatic hydroxyl groups is 1. The minimum absolute atomic E-state index is 0.0331. The summed E-state index contributed by atoms with van der Waals surface area (Å²) in [4.78, 5) is 24.9. The molecule has 2 atom stereocenters. The first kappa shape index (κ1) is 16.4. The maximum absolute atomic E-state index is 12.5. The van der Waals surface area contributed by atoms with Crippen LogP contribution in [0.15, 0.2) is 18.2 Å². The molecule has 0 aromatic heterocycles. The molecule has 1 N–H and O–H groups in total. The number of piperidine rings is 1. The fourth-order valence-corrected chi connectivity index (χ4v) is 3.00. The molecule has 6 nitrogen and oxygen atoms in total. The molecule has 1 heterocycles. The van der Waals surface area contributed by atoms with E-state index in [1.54, 1.807) is 24.0 Å². The van der Waals surface area contributed by atoms with Gasteiger partial charge in [0.1, 0.15) is 0 Å². The van der Waals surface area contributed by atoms with Crippen molar-refractivity contribution in [2.75, 3.05) is 13.2 Å². The summed E-state index contributed by atoms with van der Waals surface area (Å²) in [5.74, 6) is 0.0978. The molecule has 1 fully saturated rings. The molecule has 22 heavy (non-hydrogen) atoms. The second kappa shape index (κ2) is 6.87. The van der Waals surface area contributed by atoms with E-state index in [1.165, 1.54) is 6.07 Å². The Labute approximate surface area is 129 Å². The van der Waals surface area contributed by atoms with Gasteiger partial charge >= 0.3 is 0 Å². The summed E-state index contributed by atoms with van der Waals surface area (Å²) >= 11 is 0. The predicted octanol–water partition coefficient (Wildman–Crippen LogP) is 2.07. The first-order valence-corrected chi connectivity index (χ1v) is 7.57. The minimum atomic E-state index is -0.422. The van der Waals surface area contributed by atoms with Crippen molar-refractivity contribution in [3.05, 3.63) is 39.4 Å². The zero-order valence-electron chi connectivity index (χ0n) is 13.0. The predicted molar refractivity (Wildman–Crippen MR) is 82.5 cm³/mol. The van der Waals surface area contributed by atoms with E-state index in [-0.39, 0.29) is 36.6 Å². The molecule has 120 valence electrons. The zero-order chi connectivity index (χ0) is 16.3. The number of nitro groups is 1. The normalized spacial score (nSPS) is 21.7. The second-order valence-electron chi connectivity index (χ2n) is 6.02. The fraction of sp³-hybridized carbons (Fsp3) is 0.562. The summed E-state index contributed by atoms with van der Waals surface area (Å²) < 4.78 is 0. The van der Waals surface area contributed by atoms with Crippen LogP contribution >= 0.6 is 0 Å². The van der Waals surface area contributed by atoms with Crippen LogP contribution in [0.4, 0.5) is 5.69 Å². The molecule has 2 rings (SSSR count). The first-order valence-electron chi connectivity index (χ1n) is 7.57. The number of nitro benzene ring substituents is 1. The van der Waals surface area contributed by atoms with E-state index in [9.17, 15) is 20.0 Å². The molecule has 1 aromatic carbocycles. The smallest absolute Gasteiger partial charge is 0.272 e. The third-order valence-electron chi connectivity index (χ3n) is 4.51. The summed E-state index contributed by atoms with van der Waals surface area (Å²) in [6.45, 7) is 4.33. The van der Waals surface area contributed by atoms with Gasteiger partial charge < -0.3 is 10.0 Å². The topological polar surface area (TPSA) is 83.7 Å². The Hall–Kier alpha value is -1.95. The van der Waals surface area contributed by atoms with Crippen LogP contribution < -0.4 is 0 Å². The number of rotatable bonds is 4. The standard InChI is InChI=1S/C16H22N2O4/c1-11-6-7-13(10-19)9-17(11)16(20)8-14-4-3-5-15(12(14)2)18(21)22/h3-5,11,13,19H,6-10H2,1-2H3. The average molecular weight is 306 g/mol. The van der Waals surface area contributed by atoms with Gasteiger partial charge in [-0.1, -0.05) is 12.1 Å². The van der Waals surface area contributed by atoms with Crippen LogP contribution in [0.5, 0.6) is 0 Å². The molecule has 2 unspecified atom stereocenters. The van der Waals surface area contributed by atoms with E-state index in [2.05, 4.69) is 0 Å². The van der Waals surface area contributed by atoms with Crippen molar-refractivity contribution in [2.24, 2.45) is 5.92 Å². The lowest BCUT2D eigenvalue weighted by molar-refractivity contribution is -0.385. The molecule has 0 aliphatic carbocycles. The number of amides is 1. The van der Waals surface area contributed by atoms with Gasteiger partial charge in [0.2, 0.25) is 5.91 Å². The van der Waals surface area contributed by atoms with Crippen LogP contribution in [-0.4, -0.2) is 40.0 Å². The highest BCUT2D eigenvalue weighted by Crippen LogP contribution is 2.25. The summed E-state index contributed by atoms with van der Waals surface area (Å²) in [6, 6.07) is 4.98. The van der Waals surface area contributed by atoms with Crippen molar-refractivity contribution in [3.63, 3.8) is 0 Å². The van der Waals surface area contributed by atoms with Crippen molar-refractivity contribution < 1.29 is 14.8 Å². The highest BCUT2D eigenvalue weighted by Gasteiger charge is 2.29. The van der Waals surface area contributed by atoms with Crippen LogP contribution in [0.2, 0.25) is 0 Å². The number of hydrogen-bond donors (Lipinski definition) is 1. The summed E-state index contributed by atoms with van der Waals surface area (Å²) in [6.07, 6.45) is 1.97. The highest BCUT2D eigenvalue weighted by atomic mass is 16.6. The van der Waals surface area contributed by atoms with Crippen molar-refractivity contribution in [2.45, 2.75) is 39.2 Å². The van der Waals surface area contributed by atoms with Gasteiger partial charge in [0.25, 0.3) is 5.69 Å². The molecule has 1 aliphatic heterocycles. The number of hydrogen-bond acceptors (Lipinski definition) is 4. The largest absolute Gasteiger partial charge is 0.396 e. The Bertz CT molecular complexity index is 573. The second-order valence-corrected chi connectivity index (χ2v) is 6.02. The van der Waals surface area contributed by atoms with Gasteiger partial charge in [-0.3, -0.25) is 14.9 Å². The Morgan fingerprint density at radius 2 is 2.18 bits per heavy atom. The van der Waals surface area contributed by atoms with Gasteiger partial charge in [-0.25, -0.2) is 0 Å². The maximum atomic E-state index is 12.5. The van der Waals surface area contributed by atoms with Crippen LogP contribution in [0, 0.1) is 23.0 Å². The number of carbonyl (C=O) groups excluding carboxylic acids is 1. The fourth-order valence-electron chi connectivity index (χ4n) is 3.00. The number of likely N-dealkylation sites (tertiary alicyclic amines) is 1. The summed E-state index contributed by atoms with van der Waals surface area (Å²) in [5, 5.41) is 20.3. The lowest BCUT2D eigenvalue weighted by Crippen LogP contribution is -2.47. The van der Waals surface area contributed by atoms with Crippen molar-refractivity contribution in [1.82, 2.24) is 4.90 Å². The Morgan fingerprint density at radius 1 is 1.45 bits per heavy atom. The molecular weight excluding hydrogens is 284 g/mol. The molecule has 1 amide bonds. The van der Waals surface area contributed by atoms with Gasteiger partial charge in [-0.15, -0.1) is 0 Å². The molecular formula is C16H22N2O4. The number of benzene rings is 1. The quantitative estimate of drug-likeness (QED) is 0.681. The van der Waals surface area contributed by atoms with E-state index in [0.717, 1.165) is 12.8 Å². The molecule has 1 aromatic rings. The van der Waals surface area contributed by atoms with E-state index in [1.807, 2.05) is 6.92 Å². The Morgan fingerprint density at radius 3 is 2.82 bits per heavy atom. The van der Waals surface area contributed by atoms with Crippen LogP contribution in [0.1, 0.15) is 30.9 Å². The van der Waals surface area contributed by atoms with Crippen LogP contribution in [-0.2, 0) is 11.2 Å². The van der Waals surface area contributed by atoms with Crippen molar-refractivity contribution >= 4 is 11.6 Å². The molecule has 0 radical (unpaired) electrons. The van der Waals surface area contributed by atoms with E-state index >= 15 is 0 Å². The van der Waals surface area contributed by atoms with Crippen molar-refractivity contribution in [1.29, 1.82) is 0 Å². The SMILES string of the molecule is Cc1c(CC(=O)N2CC(CO)CCC2C)cccc1[N+](=O)[O-]. The average Bonchev–Trinajstić information content (AvgIpc) is 2.49. The lowest BCUT2D eigenvalue weighted by Gasteiger charge is -2.37. The zero-order valence-corrected chi connectivity index (χ0v) is 13.0. The van der Waals surface area contributed by atoms with E-state index in [0.29, 0.717) is 17.7 Å². The van der Waals surface area contributed by atoms with Gasteiger partial charge in [0, 0.05) is 30.8 Å². The summed E-state index contributed by atoms with van der Waals surface area (Å²) in [5.41, 5.74) is 1.28. The van der Waals surface area contributed by atoms with Crippen LogP contribution in [0.3, 0.4) is 0 Å². The van der Waals surface area contributed by atoms with Gasteiger partial charge in [-0.05, 0) is 38.2 Å². The molecule has 1 saturated heterocycles. The molecule has 6 heteroatoms. The third kappa shape index (κ3) is 3.44. The number of carbonyl (C=O) groups is 1. The number of nitrogens with zero attached hydrogens (tertiary/aromatic N) is 2. The first-order chi connectivity index (χ1) is 10.4. The molecule has 1 aliphatic rings. The van der Waals surface area contributed by atoms with Crippen molar-refractivity contribution in [3.8, 4) is 0 Å². The summed E-state index contributed by atoms with van der Waals surface area (Å²) in [7, 11) is 0. The van der Waals surface area contributed by atoms with E-state index < -0.39 is 4.92 Å². The molecule has 0 bridgehead atoms. The minimum Gasteiger partial charge on any atom is -0.396 e. The third-order valence-corrected chi connectivity index (χ3v) is 4.51. The lowest BCUT2D eigenvalue weighted by atomic mass is 9.93.